The Balaban J connectivity index is 0.000000147. The molecule has 6 N–H and O–H groups in total. The SMILES string of the molecule is CCC(=O)Nc1ccc2c(c1)N(Cc1cnc[nH]1)CC2.Nc1ccc2c(c1)N(Cc1cnc[nH]1)CC2.O=[N+]([O-])c1ccc2c(c1)NCC2.[B]B([B])[B]. The van der Waals surface area contributed by atoms with Crippen molar-refractivity contribution in [3.8, 4) is 0 Å². The third-order valence-corrected chi connectivity index (χ3v) is 8.63. The molecule has 0 aliphatic carbocycles. The molecule has 17 heteroatoms. The van der Waals surface area contributed by atoms with Gasteiger partial charge in [-0.1, -0.05) is 25.1 Å². The van der Waals surface area contributed by atoms with Crippen molar-refractivity contribution < 1.29 is 9.72 Å². The molecule has 3 aliphatic heterocycles. The summed E-state index contributed by atoms with van der Waals surface area (Å²) in [4.78, 5) is 40.5. The molecule has 0 saturated heterocycles. The van der Waals surface area contributed by atoms with Crippen LogP contribution in [-0.2, 0) is 37.1 Å². The number of nitrogens with zero attached hydrogens (tertiary/aromatic N) is 5. The van der Waals surface area contributed by atoms with Crippen LogP contribution >= 0.6 is 0 Å². The molecule has 0 atom stereocenters. The van der Waals surface area contributed by atoms with E-state index in [1.807, 2.05) is 37.5 Å². The molecule has 6 radical (unpaired) electrons. The van der Waals surface area contributed by atoms with E-state index in [-0.39, 0.29) is 16.5 Å². The van der Waals surface area contributed by atoms with Crippen molar-refractivity contribution in [2.75, 3.05) is 45.8 Å². The Morgan fingerprint density at radius 3 is 2.02 bits per heavy atom. The van der Waals surface area contributed by atoms with Crippen molar-refractivity contribution in [3.05, 3.63) is 118 Å². The number of carbonyl (C=O) groups excluding carboxylic acids is 1. The first kappa shape index (κ1) is 37.7. The van der Waals surface area contributed by atoms with Crippen molar-refractivity contribution in [1.29, 1.82) is 0 Å². The molecular formula is C35H40B4N10O3. The number of hydrogen-bond donors (Lipinski definition) is 5. The van der Waals surface area contributed by atoms with E-state index in [2.05, 4.69) is 87.8 Å². The third kappa shape index (κ3) is 10.5. The number of hydrogen-bond acceptors (Lipinski definition) is 9. The number of nitrogens with one attached hydrogen (secondary N) is 4. The number of non-ortho nitro benzene ring substituents is 1. The lowest BCUT2D eigenvalue weighted by molar-refractivity contribution is -0.384. The summed E-state index contributed by atoms with van der Waals surface area (Å²) in [7, 11) is 14.0. The molecule has 260 valence electrons. The third-order valence-electron chi connectivity index (χ3n) is 8.63. The Bertz CT molecular complexity index is 1920. The molecule has 3 aliphatic rings. The first-order chi connectivity index (χ1) is 25.1. The molecule has 13 nitrogen and oxygen atoms in total. The van der Waals surface area contributed by atoms with Gasteiger partial charge in [0.05, 0.1) is 42.1 Å². The molecule has 0 saturated carbocycles. The Morgan fingerprint density at radius 1 is 0.885 bits per heavy atom. The highest BCUT2D eigenvalue weighted by Crippen LogP contribution is 2.32. The number of imidazole rings is 2. The number of nitro benzene ring substituents is 1. The number of aromatic nitrogens is 4. The zero-order chi connectivity index (χ0) is 37.0. The lowest BCUT2D eigenvalue weighted by atomic mass is 9.08. The summed E-state index contributed by atoms with van der Waals surface area (Å²) in [6.45, 7) is 6.48. The van der Waals surface area contributed by atoms with Crippen molar-refractivity contribution in [2.45, 2.75) is 45.7 Å². The minimum absolute atomic E-state index is 0.0445. The zero-order valence-electron chi connectivity index (χ0n) is 29.2. The van der Waals surface area contributed by atoms with Gasteiger partial charge in [-0.3, -0.25) is 14.9 Å². The summed E-state index contributed by atoms with van der Waals surface area (Å²) in [5, 5.41) is 16.4. The van der Waals surface area contributed by atoms with Crippen molar-refractivity contribution in [2.24, 2.45) is 0 Å². The number of aromatic amines is 2. The van der Waals surface area contributed by atoms with Gasteiger partial charge < -0.3 is 36.1 Å². The Labute approximate surface area is 308 Å². The number of carbonyl (C=O) groups is 1. The molecule has 0 fully saturated rings. The number of H-pyrrole nitrogens is 2. The zero-order valence-corrected chi connectivity index (χ0v) is 29.2. The number of benzene rings is 3. The highest BCUT2D eigenvalue weighted by Gasteiger charge is 2.21. The van der Waals surface area contributed by atoms with E-state index in [1.165, 1.54) is 28.1 Å². The summed E-state index contributed by atoms with van der Waals surface area (Å²) < 4.78 is 0. The van der Waals surface area contributed by atoms with Crippen LogP contribution in [0.25, 0.3) is 0 Å². The molecule has 5 aromatic rings. The second kappa shape index (κ2) is 18.1. The van der Waals surface area contributed by atoms with Crippen LogP contribution in [0.3, 0.4) is 0 Å². The van der Waals surface area contributed by atoms with Crippen molar-refractivity contribution >= 4 is 69.6 Å². The number of nitro groups is 1. The molecule has 0 bridgehead atoms. The van der Waals surface area contributed by atoms with Crippen LogP contribution < -0.4 is 26.2 Å². The fourth-order valence-electron chi connectivity index (χ4n) is 6.11. The first-order valence-electron chi connectivity index (χ1n) is 17.1. The van der Waals surface area contributed by atoms with Gasteiger partial charge in [0.25, 0.3) is 5.69 Å². The summed E-state index contributed by atoms with van der Waals surface area (Å²) in [6, 6.07) is 17.2. The van der Waals surface area contributed by atoms with E-state index >= 15 is 0 Å². The van der Waals surface area contributed by atoms with Crippen LogP contribution in [0.1, 0.15) is 41.4 Å². The molecule has 8 rings (SSSR count). The maximum atomic E-state index is 11.5. The van der Waals surface area contributed by atoms with E-state index < -0.39 is 6.39 Å². The fourth-order valence-corrected chi connectivity index (χ4v) is 6.11. The van der Waals surface area contributed by atoms with E-state index in [1.54, 1.807) is 24.8 Å². The standard InChI is InChI=1S/C15H18N4O.C12H14N4.C8H8N2O2.B4/c1-2-15(20)18-12-4-3-11-5-6-19(14(11)7-12)9-13-8-16-10-17-13;13-10-2-1-9-3-4-16(12(9)5-10)7-11-6-14-8-15-11;11-10(12)7-2-1-6-3-4-9-8(6)5-7;1-4(2)3/h3-4,7-8,10H,2,5-6,9H2,1H3,(H,16,17)(H,18,20);1-2,5-6,8H,3-4,7,13H2,(H,14,15);1-2,5,9H,3-4H2;. The predicted octanol–water partition coefficient (Wildman–Crippen LogP) is 3.92. The van der Waals surface area contributed by atoms with Crippen molar-refractivity contribution in [3.63, 3.8) is 0 Å². The number of amides is 1. The second-order valence-corrected chi connectivity index (χ2v) is 12.5. The molecule has 2 aromatic heterocycles. The van der Waals surface area contributed by atoms with Gasteiger partial charge in [-0.05, 0) is 60.2 Å². The number of anilines is 5. The van der Waals surface area contributed by atoms with E-state index in [0.29, 0.717) is 6.42 Å². The van der Waals surface area contributed by atoms with Gasteiger partial charge in [0.1, 0.15) is 0 Å². The Hall–Kier alpha value is -5.59. The molecule has 1 amide bonds. The average molecular weight is 692 g/mol. The largest absolute Gasteiger partial charge is 0.399 e. The number of nitrogen functional groups attached to an aromatic ring is 1. The first-order valence-corrected chi connectivity index (χ1v) is 17.1. The molecule has 5 heterocycles. The maximum absolute atomic E-state index is 11.5. The minimum atomic E-state index is -0.667. The molecule has 0 spiro atoms. The van der Waals surface area contributed by atoms with E-state index in [4.69, 9.17) is 5.73 Å². The average Bonchev–Trinajstić information content (AvgIpc) is 3.98. The summed E-state index contributed by atoms with van der Waals surface area (Å²) >= 11 is 0. The van der Waals surface area contributed by atoms with Gasteiger partial charge in [0.2, 0.25) is 5.91 Å². The summed E-state index contributed by atoms with van der Waals surface area (Å²) in [5.74, 6) is 0.0445. The van der Waals surface area contributed by atoms with Crippen LogP contribution in [0, 0.1) is 10.1 Å². The van der Waals surface area contributed by atoms with Crippen molar-refractivity contribution in [1.82, 2.24) is 19.9 Å². The minimum Gasteiger partial charge on any atom is -0.399 e. The Morgan fingerprint density at radius 2 is 1.46 bits per heavy atom. The lowest BCUT2D eigenvalue weighted by Crippen LogP contribution is -2.20. The monoisotopic (exact) mass is 692 g/mol. The molecule has 52 heavy (non-hydrogen) atoms. The van der Waals surface area contributed by atoms with Crippen LogP contribution in [0.4, 0.5) is 34.1 Å². The summed E-state index contributed by atoms with van der Waals surface area (Å²) in [6.07, 6.45) is 10.1. The normalized spacial score (nSPS) is 13.1. The fraction of sp³-hybridized carbons (Fsp3) is 0.286. The highest BCUT2D eigenvalue weighted by atomic mass is 16.6. The summed E-state index contributed by atoms with van der Waals surface area (Å²) in [5.41, 5.74) is 17.2. The topological polar surface area (TPSA) is 174 Å². The second-order valence-electron chi connectivity index (χ2n) is 12.5. The van der Waals surface area contributed by atoms with Crippen LogP contribution in [0.15, 0.2) is 79.6 Å². The smallest absolute Gasteiger partial charge is 0.271 e. The highest BCUT2D eigenvalue weighted by molar-refractivity contribution is 7.49. The van der Waals surface area contributed by atoms with Crippen LogP contribution in [0.2, 0.25) is 0 Å². The van der Waals surface area contributed by atoms with Crippen LogP contribution in [-0.4, -0.2) is 80.0 Å². The molecule has 0 unspecified atom stereocenters. The maximum Gasteiger partial charge on any atom is 0.271 e. The van der Waals surface area contributed by atoms with Gasteiger partial charge in [0.15, 0.2) is 0 Å². The van der Waals surface area contributed by atoms with Crippen LogP contribution in [0.5, 0.6) is 0 Å². The van der Waals surface area contributed by atoms with Gasteiger partial charge in [-0.25, -0.2) is 9.97 Å². The number of nitrogens with two attached hydrogens (primary N) is 1. The molecule has 3 aromatic carbocycles. The Kier molecular flexibility index (Phi) is 13.1. The number of fused-ring (bicyclic) bond motifs is 3. The van der Waals surface area contributed by atoms with Gasteiger partial charge in [-0.2, -0.15) is 0 Å². The quantitative estimate of drug-likeness (QED) is 0.0734. The molecular weight excluding hydrogens is 652 g/mol. The van der Waals surface area contributed by atoms with Gasteiger partial charge in [0, 0.05) is 109 Å². The van der Waals surface area contributed by atoms with E-state index in [9.17, 15) is 14.9 Å². The lowest BCUT2D eigenvalue weighted by Gasteiger charge is -2.19. The van der Waals surface area contributed by atoms with Gasteiger partial charge in [-0.15, -0.1) is 0 Å². The number of rotatable bonds is 7. The van der Waals surface area contributed by atoms with Gasteiger partial charge >= 0.3 is 0 Å². The predicted molar refractivity (Wildman–Crippen MR) is 211 cm³/mol. The van der Waals surface area contributed by atoms with E-state index in [0.717, 1.165) is 80.4 Å².